The van der Waals surface area contributed by atoms with Gasteiger partial charge in [-0.15, -0.1) is 0 Å². The molecule has 5 nitrogen and oxygen atoms in total. The predicted molar refractivity (Wildman–Crippen MR) is 105 cm³/mol. The normalized spacial score (nSPS) is 15.3. The number of hydrogen-bond acceptors (Lipinski definition) is 4. The van der Waals surface area contributed by atoms with Gasteiger partial charge in [0.25, 0.3) is 0 Å². The zero-order valence-electron chi connectivity index (χ0n) is 16.8. The minimum atomic E-state index is -3.49. The minimum absolute atomic E-state index is 0.307. The fourth-order valence-corrected chi connectivity index (χ4v) is 3.42. The molecular formula is C19H41NO4S. The summed E-state index contributed by atoms with van der Waals surface area (Å²) >= 11 is 0. The van der Waals surface area contributed by atoms with Crippen LogP contribution in [0.15, 0.2) is 0 Å². The molecule has 0 aliphatic rings. The Kier molecular flexibility index (Phi) is 13.0. The summed E-state index contributed by atoms with van der Waals surface area (Å²) in [5.74, 6) is 1.39. The molecule has 0 fully saturated rings. The second kappa shape index (κ2) is 13.1. The van der Waals surface area contributed by atoms with Crippen LogP contribution >= 0.6 is 0 Å². The first-order chi connectivity index (χ1) is 11.6. The highest BCUT2D eigenvalue weighted by Crippen LogP contribution is 2.22. The fourth-order valence-electron chi connectivity index (χ4n) is 2.99. The van der Waals surface area contributed by atoms with E-state index in [2.05, 4.69) is 13.8 Å². The van der Waals surface area contributed by atoms with Gasteiger partial charge in [0.15, 0.2) is 0 Å². The summed E-state index contributed by atoms with van der Waals surface area (Å²) in [6.45, 7) is 9.71. The summed E-state index contributed by atoms with van der Waals surface area (Å²) in [7, 11) is -3.49. The number of nitrogens with two attached hydrogens (primary N) is 1. The molecule has 0 heterocycles. The van der Waals surface area contributed by atoms with Crippen LogP contribution in [0.25, 0.3) is 0 Å². The first kappa shape index (κ1) is 24.8. The summed E-state index contributed by atoms with van der Waals surface area (Å²) in [6.07, 6.45) is 9.04. The SMILES string of the molecule is CC(CCCCCO)CC(C)CCOCCCCC(C)(C)S(N)(=O)=O. The molecule has 0 bridgehead atoms. The summed E-state index contributed by atoms with van der Waals surface area (Å²) in [6, 6.07) is 0. The molecule has 0 radical (unpaired) electrons. The molecule has 0 aromatic heterocycles. The van der Waals surface area contributed by atoms with Crippen LogP contribution in [-0.4, -0.2) is 38.1 Å². The van der Waals surface area contributed by atoms with Gasteiger partial charge in [-0.1, -0.05) is 33.1 Å². The maximum Gasteiger partial charge on any atom is 0.214 e. The van der Waals surface area contributed by atoms with Crippen molar-refractivity contribution in [2.45, 2.75) is 90.2 Å². The highest BCUT2D eigenvalue weighted by Gasteiger charge is 2.29. The first-order valence-electron chi connectivity index (χ1n) is 9.81. The third-order valence-electron chi connectivity index (χ3n) is 5.00. The zero-order chi connectivity index (χ0) is 19.3. The van der Waals surface area contributed by atoms with Crippen molar-refractivity contribution >= 4 is 10.0 Å². The Morgan fingerprint density at radius 3 is 2.20 bits per heavy atom. The number of hydrogen-bond donors (Lipinski definition) is 2. The van der Waals surface area contributed by atoms with Gasteiger partial charge in [0.1, 0.15) is 0 Å². The zero-order valence-corrected chi connectivity index (χ0v) is 17.6. The molecule has 2 unspecified atom stereocenters. The number of primary sulfonamides is 1. The van der Waals surface area contributed by atoms with Crippen molar-refractivity contribution in [1.29, 1.82) is 0 Å². The maximum absolute atomic E-state index is 11.4. The Bertz CT molecular complexity index is 423. The predicted octanol–water partition coefficient (Wildman–Crippen LogP) is 3.85. The molecule has 2 atom stereocenters. The average Bonchev–Trinajstić information content (AvgIpc) is 2.49. The van der Waals surface area contributed by atoms with Gasteiger partial charge in [-0.2, -0.15) is 0 Å². The van der Waals surface area contributed by atoms with Crippen LogP contribution in [0.5, 0.6) is 0 Å². The lowest BCUT2D eigenvalue weighted by Crippen LogP contribution is -2.37. The average molecular weight is 380 g/mol. The van der Waals surface area contributed by atoms with Crippen LogP contribution in [0.3, 0.4) is 0 Å². The van der Waals surface area contributed by atoms with Crippen molar-refractivity contribution in [2.24, 2.45) is 17.0 Å². The van der Waals surface area contributed by atoms with Crippen molar-refractivity contribution in [3.8, 4) is 0 Å². The Labute approximate surface area is 155 Å². The molecular weight excluding hydrogens is 338 g/mol. The third-order valence-corrected chi connectivity index (χ3v) is 6.75. The molecule has 0 spiro atoms. The summed E-state index contributed by atoms with van der Waals surface area (Å²) in [4.78, 5) is 0. The van der Waals surface area contributed by atoms with Crippen molar-refractivity contribution in [3.63, 3.8) is 0 Å². The molecule has 25 heavy (non-hydrogen) atoms. The molecule has 0 aromatic rings. The number of ether oxygens (including phenoxy) is 1. The van der Waals surface area contributed by atoms with Gasteiger partial charge in [0.2, 0.25) is 10.0 Å². The minimum Gasteiger partial charge on any atom is -0.396 e. The van der Waals surface area contributed by atoms with Crippen molar-refractivity contribution in [1.82, 2.24) is 0 Å². The van der Waals surface area contributed by atoms with E-state index in [4.69, 9.17) is 15.0 Å². The summed E-state index contributed by atoms with van der Waals surface area (Å²) in [5, 5.41) is 14.0. The van der Waals surface area contributed by atoms with E-state index in [-0.39, 0.29) is 0 Å². The molecule has 6 heteroatoms. The van der Waals surface area contributed by atoms with Crippen LogP contribution in [0.4, 0.5) is 0 Å². The van der Waals surface area contributed by atoms with E-state index >= 15 is 0 Å². The van der Waals surface area contributed by atoms with E-state index in [9.17, 15) is 8.42 Å². The van der Waals surface area contributed by atoms with Crippen LogP contribution in [-0.2, 0) is 14.8 Å². The van der Waals surface area contributed by atoms with Gasteiger partial charge in [0.05, 0.1) is 4.75 Å². The van der Waals surface area contributed by atoms with Gasteiger partial charge < -0.3 is 9.84 Å². The molecule has 0 saturated heterocycles. The number of aliphatic hydroxyl groups is 1. The summed E-state index contributed by atoms with van der Waals surface area (Å²) in [5.41, 5.74) is 0. The first-order valence-corrected chi connectivity index (χ1v) is 11.4. The largest absolute Gasteiger partial charge is 0.396 e. The summed E-state index contributed by atoms with van der Waals surface area (Å²) < 4.78 is 27.7. The van der Waals surface area contributed by atoms with Gasteiger partial charge in [-0.3, -0.25) is 0 Å². The van der Waals surface area contributed by atoms with Crippen LogP contribution in [0.2, 0.25) is 0 Å². The molecule has 0 amide bonds. The monoisotopic (exact) mass is 379 g/mol. The smallest absolute Gasteiger partial charge is 0.214 e. The van der Waals surface area contributed by atoms with E-state index in [1.54, 1.807) is 13.8 Å². The molecule has 0 aliphatic heterocycles. The highest BCUT2D eigenvalue weighted by molar-refractivity contribution is 7.90. The quantitative estimate of drug-likeness (QED) is 0.399. The van der Waals surface area contributed by atoms with E-state index in [1.165, 1.54) is 19.3 Å². The Morgan fingerprint density at radius 2 is 1.60 bits per heavy atom. The molecule has 0 aliphatic carbocycles. The number of aliphatic hydroxyl groups excluding tert-OH is 1. The molecule has 3 N–H and O–H groups in total. The van der Waals surface area contributed by atoms with Crippen LogP contribution in [0, 0.1) is 11.8 Å². The van der Waals surface area contributed by atoms with E-state index in [1.807, 2.05) is 0 Å². The highest BCUT2D eigenvalue weighted by atomic mass is 32.2. The Morgan fingerprint density at radius 1 is 0.960 bits per heavy atom. The fraction of sp³-hybridized carbons (Fsp3) is 1.00. The van der Waals surface area contributed by atoms with Crippen molar-refractivity contribution < 1.29 is 18.3 Å². The Balaban J connectivity index is 3.62. The number of rotatable bonds is 16. The molecule has 0 rings (SSSR count). The van der Waals surface area contributed by atoms with E-state index in [0.29, 0.717) is 25.6 Å². The molecule has 152 valence electrons. The molecule has 0 saturated carbocycles. The topological polar surface area (TPSA) is 89.6 Å². The van der Waals surface area contributed by atoms with Crippen molar-refractivity contribution in [3.05, 3.63) is 0 Å². The number of unbranched alkanes of at least 4 members (excludes halogenated alkanes) is 3. The number of sulfonamides is 1. The van der Waals surface area contributed by atoms with Crippen molar-refractivity contribution in [2.75, 3.05) is 19.8 Å². The van der Waals surface area contributed by atoms with Crippen LogP contribution < -0.4 is 5.14 Å². The second-order valence-corrected chi connectivity index (χ2v) is 10.4. The third kappa shape index (κ3) is 12.8. The lowest BCUT2D eigenvalue weighted by molar-refractivity contribution is 0.114. The van der Waals surface area contributed by atoms with Gasteiger partial charge in [-0.05, 0) is 64.2 Å². The van der Waals surface area contributed by atoms with Gasteiger partial charge in [0, 0.05) is 19.8 Å². The lowest BCUT2D eigenvalue weighted by Gasteiger charge is -2.21. The Hall–Kier alpha value is -0.170. The standard InChI is InChI=1S/C19H41NO4S/c1-17(10-6-5-8-13-21)16-18(2)11-15-24-14-9-7-12-19(3,4)25(20,22)23/h17-18,21H,5-16H2,1-4H3,(H2,20,22,23). The molecule has 0 aromatic carbocycles. The van der Waals surface area contributed by atoms with Gasteiger partial charge in [-0.25, -0.2) is 13.6 Å². The lowest BCUT2D eigenvalue weighted by atomic mass is 9.91. The van der Waals surface area contributed by atoms with E-state index < -0.39 is 14.8 Å². The maximum atomic E-state index is 11.4. The van der Waals surface area contributed by atoms with Gasteiger partial charge >= 0.3 is 0 Å². The van der Waals surface area contributed by atoms with E-state index in [0.717, 1.165) is 44.6 Å². The second-order valence-electron chi connectivity index (χ2n) is 8.18. The van der Waals surface area contributed by atoms with Crippen LogP contribution in [0.1, 0.15) is 85.5 Å².